The molecule has 48 heavy (non-hydrogen) atoms. The molecule has 2 atom stereocenters. The molecule has 0 N–H and O–H groups in total. The predicted octanol–water partition coefficient (Wildman–Crippen LogP) is 9.38. The van der Waals surface area contributed by atoms with Crippen molar-refractivity contribution in [3.05, 3.63) is 24.3 Å². The van der Waals surface area contributed by atoms with E-state index in [0.29, 0.717) is 17.4 Å². The number of rotatable bonds is 34. The Bertz CT molecular complexity index is 886. The van der Waals surface area contributed by atoms with E-state index in [1.165, 1.54) is 57.8 Å². The van der Waals surface area contributed by atoms with Gasteiger partial charge in [0.2, 0.25) is 0 Å². The zero-order valence-corrected chi connectivity index (χ0v) is 32.3. The molecule has 0 spiro atoms. The van der Waals surface area contributed by atoms with E-state index >= 15 is 0 Å². The van der Waals surface area contributed by atoms with Gasteiger partial charge in [-0.3, -0.25) is 14.2 Å². The molecule has 1 unspecified atom stereocenters. The molecule has 0 bridgehead atoms. The maximum atomic E-state index is 12.6. The fourth-order valence-electron chi connectivity index (χ4n) is 4.90. The lowest BCUT2D eigenvalue weighted by Crippen LogP contribution is -2.37. The van der Waals surface area contributed by atoms with Gasteiger partial charge in [0.15, 0.2) is 6.10 Å². The highest BCUT2D eigenvalue weighted by Crippen LogP contribution is 2.38. The molecule has 0 heterocycles. The van der Waals surface area contributed by atoms with Gasteiger partial charge in [-0.1, -0.05) is 128 Å². The molecule has 10 heteroatoms. The van der Waals surface area contributed by atoms with Gasteiger partial charge < -0.3 is 27.9 Å². The maximum absolute atomic E-state index is 12.6. The molecule has 9 nitrogen and oxygen atoms in total. The molecule has 0 radical (unpaired) electrons. The molecule has 0 amide bonds. The van der Waals surface area contributed by atoms with Crippen LogP contribution in [0.2, 0.25) is 0 Å². The largest absolute Gasteiger partial charge is 0.756 e. The van der Waals surface area contributed by atoms with Gasteiger partial charge in [0.25, 0.3) is 7.82 Å². The smallest absolute Gasteiger partial charge is 0.306 e. The summed E-state index contributed by atoms with van der Waals surface area (Å²) in [5.74, 6) is -0.852. The van der Waals surface area contributed by atoms with Crippen LogP contribution in [0.25, 0.3) is 0 Å². The lowest BCUT2D eigenvalue weighted by Gasteiger charge is -2.28. The molecule has 0 aliphatic rings. The second-order valence-electron chi connectivity index (χ2n) is 13.9. The number of phosphoric ester groups is 1. The molecule has 0 aromatic heterocycles. The number of hydrogen-bond acceptors (Lipinski definition) is 8. The van der Waals surface area contributed by atoms with Crippen LogP contribution in [0.3, 0.4) is 0 Å². The number of carbonyl (C=O) groups excluding carboxylic acids is 2. The van der Waals surface area contributed by atoms with Crippen molar-refractivity contribution in [3.8, 4) is 0 Å². The molecule has 0 saturated heterocycles. The number of carbonyl (C=O) groups is 2. The third-order valence-corrected chi connectivity index (χ3v) is 8.94. The Balaban J connectivity index is 4.47. The molecule has 0 aliphatic carbocycles. The SMILES string of the molecule is CCCC/C=C\C/C=C\CCCCCCCC(=O)O[C@H](COC(=O)CCCCCCCCCCCC)COP(=O)([O-])OCC[N+](C)(C)C. The number of phosphoric acid groups is 1. The standard InChI is InChI=1S/C38H72NO8P/c1-6-8-10-12-14-16-18-19-20-21-23-25-27-29-31-38(41)47-36(35-46-48(42,43)45-33-32-39(3,4)5)34-44-37(40)30-28-26-24-22-17-15-13-11-9-7-2/h12,14,18-19,36H,6-11,13,15-17,20-35H2,1-5H3/b14-12-,19-18-/t36-/m1/s1. The van der Waals surface area contributed by atoms with Gasteiger partial charge in [0.1, 0.15) is 19.8 Å². The average Bonchev–Trinajstić information content (AvgIpc) is 3.02. The summed E-state index contributed by atoms with van der Waals surface area (Å²) in [4.78, 5) is 37.3. The molecule has 0 aromatic carbocycles. The Labute approximate surface area is 294 Å². The fourth-order valence-corrected chi connectivity index (χ4v) is 5.63. The van der Waals surface area contributed by atoms with E-state index in [0.717, 1.165) is 64.2 Å². The lowest BCUT2D eigenvalue weighted by atomic mass is 10.1. The fraction of sp³-hybridized carbons (Fsp3) is 0.842. The van der Waals surface area contributed by atoms with Crippen molar-refractivity contribution < 1.29 is 42.1 Å². The van der Waals surface area contributed by atoms with Crippen LogP contribution in [0.4, 0.5) is 0 Å². The summed E-state index contributed by atoms with van der Waals surface area (Å²) in [7, 11) is 1.16. The van der Waals surface area contributed by atoms with E-state index in [9.17, 15) is 19.0 Å². The van der Waals surface area contributed by atoms with Gasteiger partial charge in [0.05, 0.1) is 27.7 Å². The van der Waals surface area contributed by atoms with E-state index in [4.69, 9.17) is 18.5 Å². The second kappa shape index (κ2) is 31.5. The van der Waals surface area contributed by atoms with E-state index in [1.54, 1.807) is 0 Å². The topological polar surface area (TPSA) is 111 Å². The molecule has 0 aliphatic heterocycles. The molecule has 0 fully saturated rings. The monoisotopic (exact) mass is 701 g/mol. The van der Waals surface area contributed by atoms with E-state index < -0.39 is 32.5 Å². The van der Waals surface area contributed by atoms with Crippen LogP contribution in [0.5, 0.6) is 0 Å². The van der Waals surface area contributed by atoms with Crippen LogP contribution < -0.4 is 4.89 Å². The molecule has 282 valence electrons. The van der Waals surface area contributed by atoms with Crippen LogP contribution >= 0.6 is 7.82 Å². The zero-order chi connectivity index (χ0) is 35.8. The van der Waals surface area contributed by atoms with Crippen molar-refractivity contribution >= 4 is 19.8 Å². The van der Waals surface area contributed by atoms with Crippen molar-refractivity contribution in [1.82, 2.24) is 0 Å². The van der Waals surface area contributed by atoms with E-state index in [1.807, 2.05) is 21.1 Å². The Hall–Kier alpha value is -1.51. The number of esters is 2. The minimum atomic E-state index is -4.62. The average molecular weight is 702 g/mol. The summed E-state index contributed by atoms with van der Waals surface area (Å²) in [6.07, 6.45) is 30.6. The maximum Gasteiger partial charge on any atom is 0.306 e. The van der Waals surface area contributed by atoms with Crippen LogP contribution in [0, 0.1) is 0 Å². The van der Waals surface area contributed by atoms with Crippen molar-refractivity contribution in [2.24, 2.45) is 0 Å². The zero-order valence-electron chi connectivity index (χ0n) is 31.4. The quantitative estimate of drug-likeness (QED) is 0.0215. The minimum absolute atomic E-state index is 0.0324. The second-order valence-corrected chi connectivity index (χ2v) is 15.4. The number of nitrogens with zero attached hydrogens (tertiary/aromatic N) is 1. The van der Waals surface area contributed by atoms with Gasteiger partial charge in [0, 0.05) is 12.8 Å². The first kappa shape index (κ1) is 46.5. The third kappa shape index (κ3) is 34.4. The molecular formula is C38H72NO8P. The number of ether oxygens (including phenoxy) is 2. The predicted molar refractivity (Wildman–Crippen MR) is 194 cm³/mol. The highest BCUT2D eigenvalue weighted by molar-refractivity contribution is 7.45. The highest BCUT2D eigenvalue weighted by Gasteiger charge is 2.21. The first-order chi connectivity index (χ1) is 23.0. The first-order valence-electron chi connectivity index (χ1n) is 19.0. The van der Waals surface area contributed by atoms with Crippen molar-refractivity contribution in [3.63, 3.8) is 0 Å². The summed E-state index contributed by atoms with van der Waals surface area (Å²) in [6, 6.07) is 0. The molecular weight excluding hydrogens is 629 g/mol. The highest BCUT2D eigenvalue weighted by atomic mass is 31.2. The lowest BCUT2D eigenvalue weighted by molar-refractivity contribution is -0.870. The first-order valence-corrected chi connectivity index (χ1v) is 20.5. The van der Waals surface area contributed by atoms with Gasteiger partial charge in [-0.15, -0.1) is 0 Å². The van der Waals surface area contributed by atoms with Crippen molar-refractivity contribution in [2.75, 3.05) is 47.5 Å². The number of hydrogen-bond donors (Lipinski definition) is 0. The van der Waals surface area contributed by atoms with Crippen LogP contribution in [0.1, 0.15) is 155 Å². The van der Waals surface area contributed by atoms with Crippen LogP contribution in [0.15, 0.2) is 24.3 Å². The van der Waals surface area contributed by atoms with Crippen LogP contribution in [-0.2, 0) is 32.7 Å². The van der Waals surface area contributed by atoms with Gasteiger partial charge in [-0.05, 0) is 38.5 Å². The summed E-state index contributed by atoms with van der Waals surface area (Å²) in [5.41, 5.74) is 0. The number of allylic oxidation sites excluding steroid dienone is 4. The Morgan fingerprint density at radius 3 is 1.71 bits per heavy atom. The summed E-state index contributed by atoms with van der Waals surface area (Å²) in [5, 5.41) is 0. The summed E-state index contributed by atoms with van der Waals surface area (Å²) < 4.78 is 33.7. The Morgan fingerprint density at radius 2 is 1.15 bits per heavy atom. The normalized spacial score (nSPS) is 14.0. The minimum Gasteiger partial charge on any atom is -0.756 e. The van der Waals surface area contributed by atoms with E-state index in [-0.39, 0.29) is 26.1 Å². The third-order valence-electron chi connectivity index (χ3n) is 7.97. The van der Waals surface area contributed by atoms with Gasteiger partial charge >= 0.3 is 11.9 Å². The number of unbranched alkanes of at least 4 members (excludes halogenated alkanes) is 16. The summed E-state index contributed by atoms with van der Waals surface area (Å²) in [6.45, 7) is 4.14. The Kier molecular flexibility index (Phi) is 30.5. The van der Waals surface area contributed by atoms with Crippen molar-refractivity contribution in [2.45, 2.75) is 161 Å². The van der Waals surface area contributed by atoms with Gasteiger partial charge in [-0.2, -0.15) is 0 Å². The molecule has 0 rings (SSSR count). The molecule has 0 saturated carbocycles. The van der Waals surface area contributed by atoms with Crippen LogP contribution in [-0.4, -0.2) is 70.0 Å². The Morgan fingerprint density at radius 1 is 0.646 bits per heavy atom. The van der Waals surface area contributed by atoms with E-state index in [2.05, 4.69) is 38.2 Å². The summed E-state index contributed by atoms with van der Waals surface area (Å²) >= 11 is 0. The van der Waals surface area contributed by atoms with Gasteiger partial charge in [-0.25, -0.2) is 0 Å². The molecule has 0 aromatic rings. The number of quaternary nitrogens is 1. The number of likely N-dealkylation sites (N-methyl/N-ethyl adjacent to an activating group) is 1. The van der Waals surface area contributed by atoms with Crippen molar-refractivity contribution in [1.29, 1.82) is 0 Å².